The summed E-state index contributed by atoms with van der Waals surface area (Å²) in [6, 6.07) is 3.00. The van der Waals surface area contributed by atoms with Crippen molar-refractivity contribution in [2.75, 3.05) is 11.2 Å². The maximum atomic E-state index is 13.7. The number of halogens is 2. The maximum Gasteiger partial charge on any atom is 0.237 e. The fourth-order valence-corrected chi connectivity index (χ4v) is 4.19. The average molecular weight is 410 g/mol. The molecule has 1 aromatic carbocycles. The molecule has 0 bridgehead atoms. The van der Waals surface area contributed by atoms with Gasteiger partial charge in [0.2, 0.25) is 11.1 Å². The van der Waals surface area contributed by atoms with Crippen molar-refractivity contribution >= 4 is 23.4 Å². The molecule has 0 saturated heterocycles. The lowest BCUT2D eigenvalue weighted by atomic mass is 9.86. The molecule has 1 amide bonds. The number of aryl methyl sites for hydroxylation is 1. The van der Waals surface area contributed by atoms with E-state index in [9.17, 15) is 13.6 Å². The van der Waals surface area contributed by atoms with Crippen molar-refractivity contribution in [3.05, 3.63) is 35.7 Å². The fourth-order valence-electron chi connectivity index (χ4n) is 3.40. The first kappa shape index (κ1) is 20.6. The molecule has 0 radical (unpaired) electrons. The topological polar surface area (TPSA) is 85.8 Å². The van der Waals surface area contributed by atoms with Crippen molar-refractivity contribution in [2.24, 2.45) is 5.92 Å². The van der Waals surface area contributed by atoms with Gasteiger partial charge in [0.15, 0.2) is 5.82 Å². The number of anilines is 1. The van der Waals surface area contributed by atoms with Crippen LogP contribution in [-0.2, 0) is 11.2 Å². The second-order valence-electron chi connectivity index (χ2n) is 7.19. The van der Waals surface area contributed by atoms with Crippen molar-refractivity contribution in [2.45, 2.75) is 62.3 Å². The summed E-state index contributed by atoms with van der Waals surface area (Å²) in [6.07, 6.45) is 8.24. The average Bonchev–Trinajstić information content (AvgIpc) is 3.02. The van der Waals surface area contributed by atoms with E-state index >= 15 is 0 Å². The van der Waals surface area contributed by atoms with Gasteiger partial charge in [-0.05, 0) is 31.4 Å². The Bertz CT molecular complexity index is 823. The van der Waals surface area contributed by atoms with E-state index in [0.717, 1.165) is 42.7 Å². The van der Waals surface area contributed by atoms with Crippen molar-refractivity contribution in [1.82, 2.24) is 14.9 Å². The zero-order valence-electron chi connectivity index (χ0n) is 15.8. The molecule has 3 N–H and O–H groups in total. The summed E-state index contributed by atoms with van der Waals surface area (Å²) in [4.78, 5) is 12.3. The third-order valence-corrected chi connectivity index (χ3v) is 6.13. The first-order chi connectivity index (χ1) is 13.4. The highest BCUT2D eigenvalue weighted by Gasteiger charge is 2.21. The number of amides is 1. The Balaban J connectivity index is 1.55. The molecule has 9 heteroatoms. The molecule has 1 aliphatic carbocycles. The summed E-state index contributed by atoms with van der Waals surface area (Å²) in [7, 11) is 0. The van der Waals surface area contributed by atoms with E-state index in [1.54, 1.807) is 6.92 Å². The van der Waals surface area contributed by atoms with Gasteiger partial charge >= 0.3 is 0 Å². The molecule has 2 aromatic rings. The highest BCUT2D eigenvalue weighted by atomic mass is 32.2. The van der Waals surface area contributed by atoms with Gasteiger partial charge in [0.1, 0.15) is 11.6 Å². The number of nitrogens with zero attached hydrogens (tertiary/aromatic N) is 3. The van der Waals surface area contributed by atoms with E-state index in [1.165, 1.54) is 42.8 Å². The van der Waals surface area contributed by atoms with Crippen LogP contribution in [-0.4, -0.2) is 26.0 Å². The van der Waals surface area contributed by atoms with Gasteiger partial charge in [-0.1, -0.05) is 43.9 Å². The zero-order valence-corrected chi connectivity index (χ0v) is 16.6. The van der Waals surface area contributed by atoms with Crippen LogP contribution in [0.1, 0.15) is 51.3 Å². The van der Waals surface area contributed by atoms with E-state index in [0.29, 0.717) is 11.0 Å². The molecule has 1 saturated carbocycles. The quantitative estimate of drug-likeness (QED) is 0.535. The lowest BCUT2D eigenvalue weighted by Gasteiger charge is -2.20. The van der Waals surface area contributed by atoms with Crippen molar-refractivity contribution < 1.29 is 13.6 Å². The van der Waals surface area contributed by atoms with E-state index in [-0.39, 0.29) is 5.69 Å². The Morgan fingerprint density at radius 1 is 1.32 bits per heavy atom. The first-order valence-electron chi connectivity index (χ1n) is 9.56. The standard InChI is InChI=1S/C19H25F2N5OS/c1-12(18(27)23-16-9-8-14(20)11-15(16)21)28-19-25-24-17(26(19)22)10-7-13-5-3-2-4-6-13/h8-9,11-13H,2-7,10,22H2,1H3,(H,23,27)/t12-/m1/s1. The maximum absolute atomic E-state index is 13.7. The van der Waals surface area contributed by atoms with Gasteiger partial charge in [0, 0.05) is 12.5 Å². The van der Waals surface area contributed by atoms with Crippen LogP contribution < -0.4 is 11.2 Å². The number of rotatable bonds is 7. The lowest BCUT2D eigenvalue weighted by molar-refractivity contribution is -0.115. The fraction of sp³-hybridized carbons (Fsp3) is 0.526. The van der Waals surface area contributed by atoms with Gasteiger partial charge < -0.3 is 11.2 Å². The number of nitrogen functional groups attached to an aromatic ring is 1. The predicted molar refractivity (Wildman–Crippen MR) is 105 cm³/mol. The number of hydrogen-bond acceptors (Lipinski definition) is 5. The van der Waals surface area contributed by atoms with Gasteiger partial charge in [0.05, 0.1) is 10.9 Å². The minimum atomic E-state index is -0.822. The smallest absolute Gasteiger partial charge is 0.237 e. The molecule has 0 aliphatic heterocycles. The predicted octanol–water partition coefficient (Wildman–Crippen LogP) is 3.90. The van der Waals surface area contributed by atoms with E-state index in [2.05, 4.69) is 15.5 Å². The second-order valence-corrected chi connectivity index (χ2v) is 8.49. The molecule has 1 aliphatic rings. The summed E-state index contributed by atoms with van der Waals surface area (Å²) >= 11 is 1.14. The van der Waals surface area contributed by atoms with Crippen LogP contribution >= 0.6 is 11.8 Å². The van der Waals surface area contributed by atoms with E-state index in [4.69, 9.17) is 5.84 Å². The van der Waals surface area contributed by atoms with Crippen molar-refractivity contribution in [3.63, 3.8) is 0 Å². The molecule has 1 fully saturated rings. The van der Waals surface area contributed by atoms with Crippen LogP contribution in [0.3, 0.4) is 0 Å². The summed E-state index contributed by atoms with van der Waals surface area (Å²) in [6.45, 7) is 1.66. The summed E-state index contributed by atoms with van der Waals surface area (Å²) < 4.78 is 28.1. The number of thioether (sulfide) groups is 1. The van der Waals surface area contributed by atoms with Crippen LogP contribution in [0.2, 0.25) is 0 Å². The van der Waals surface area contributed by atoms with Gasteiger partial charge in [-0.25, -0.2) is 13.5 Å². The van der Waals surface area contributed by atoms with Crippen LogP contribution in [0.5, 0.6) is 0 Å². The number of aromatic nitrogens is 3. The first-order valence-corrected chi connectivity index (χ1v) is 10.4. The van der Waals surface area contributed by atoms with Crippen molar-refractivity contribution in [1.29, 1.82) is 0 Å². The Morgan fingerprint density at radius 2 is 2.07 bits per heavy atom. The van der Waals surface area contributed by atoms with Crippen LogP contribution in [0.4, 0.5) is 14.5 Å². The largest absolute Gasteiger partial charge is 0.336 e. The Labute approximate surface area is 167 Å². The van der Waals surface area contributed by atoms with Crippen LogP contribution in [0.25, 0.3) is 0 Å². The highest BCUT2D eigenvalue weighted by molar-refractivity contribution is 8.00. The molecule has 0 unspecified atom stereocenters. The van der Waals surface area contributed by atoms with E-state index in [1.807, 2.05) is 0 Å². The number of nitrogens with two attached hydrogens (primary N) is 1. The molecular weight excluding hydrogens is 384 g/mol. The normalized spacial score (nSPS) is 16.1. The number of nitrogens with one attached hydrogen (secondary N) is 1. The van der Waals surface area contributed by atoms with E-state index < -0.39 is 22.8 Å². The number of benzene rings is 1. The Hall–Kier alpha value is -2.16. The van der Waals surface area contributed by atoms with Crippen molar-refractivity contribution in [3.8, 4) is 0 Å². The van der Waals surface area contributed by atoms with Gasteiger partial charge in [-0.2, -0.15) is 0 Å². The zero-order chi connectivity index (χ0) is 20.1. The molecule has 6 nitrogen and oxygen atoms in total. The second kappa shape index (κ2) is 9.36. The van der Waals surface area contributed by atoms with Crippen LogP contribution in [0.15, 0.2) is 23.4 Å². The molecule has 1 atom stereocenters. The van der Waals surface area contributed by atoms with Gasteiger partial charge in [-0.3, -0.25) is 4.79 Å². The minimum Gasteiger partial charge on any atom is -0.336 e. The highest BCUT2D eigenvalue weighted by Crippen LogP contribution is 2.28. The molecule has 28 heavy (non-hydrogen) atoms. The summed E-state index contributed by atoms with van der Waals surface area (Å²) in [5, 5.41) is 10.5. The third kappa shape index (κ3) is 5.21. The Kier molecular flexibility index (Phi) is 6.88. The van der Waals surface area contributed by atoms with Crippen LogP contribution in [0, 0.1) is 17.6 Å². The third-order valence-electron chi connectivity index (χ3n) is 5.08. The molecule has 3 rings (SSSR count). The lowest BCUT2D eigenvalue weighted by Crippen LogP contribution is -2.24. The minimum absolute atomic E-state index is 0.0683. The van der Waals surface area contributed by atoms with Gasteiger partial charge in [-0.15, -0.1) is 10.2 Å². The molecular formula is C19H25F2N5OS. The summed E-state index contributed by atoms with van der Waals surface area (Å²) in [5.74, 6) is 5.57. The molecule has 1 heterocycles. The monoisotopic (exact) mass is 409 g/mol. The SMILES string of the molecule is C[C@@H](Sc1nnc(CCC2CCCCC2)n1N)C(=O)Nc1ccc(F)cc1F. The molecule has 0 spiro atoms. The summed E-state index contributed by atoms with van der Waals surface area (Å²) in [5.41, 5.74) is -0.0683. The van der Waals surface area contributed by atoms with Gasteiger partial charge in [0.25, 0.3) is 0 Å². The molecule has 152 valence electrons. The number of hydrogen-bond donors (Lipinski definition) is 2. The number of carbonyl (C=O) groups excluding carboxylic acids is 1. The Morgan fingerprint density at radius 3 is 2.79 bits per heavy atom. The molecule has 1 aromatic heterocycles. The number of carbonyl (C=O) groups is 1.